The zero-order valence-electron chi connectivity index (χ0n) is 19.3. The van der Waals surface area contributed by atoms with Gasteiger partial charge in [0, 0.05) is 23.4 Å². The van der Waals surface area contributed by atoms with E-state index in [1.165, 1.54) is 0 Å². The molecule has 1 aromatic rings. The Kier molecular flexibility index (Phi) is 7.14. The molecule has 0 aliphatic carbocycles. The number of carbonyl (C=O) groups is 2. The predicted molar refractivity (Wildman–Crippen MR) is 127 cm³/mol. The minimum Gasteiger partial charge on any atom is -0.462 e. The standard InChI is InChI=1S/C24H33N3O3S/c1-15(2)14-30-21(28)19-16(3)25-23-27(12-7-13-31-23)20(19)17-8-10-18(11-9-17)26-22(29)24(4,5)6/h8-11,15,20H,7,12-14H2,1-6H3,(H,26,29). The average molecular weight is 444 g/mol. The summed E-state index contributed by atoms with van der Waals surface area (Å²) in [4.78, 5) is 32.3. The summed E-state index contributed by atoms with van der Waals surface area (Å²) in [6.45, 7) is 12.8. The number of nitrogens with one attached hydrogen (secondary N) is 1. The number of carbonyl (C=O) groups excluding carboxylic acids is 2. The number of amides is 1. The first-order chi connectivity index (χ1) is 14.6. The third-order valence-electron chi connectivity index (χ3n) is 5.19. The van der Waals surface area contributed by atoms with Gasteiger partial charge in [0.1, 0.15) is 0 Å². The molecule has 1 N–H and O–H groups in total. The molecule has 3 rings (SSSR count). The molecule has 0 bridgehead atoms. The van der Waals surface area contributed by atoms with Gasteiger partial charge in [-0.3, -0.25) is 4.79 Å². The summed E-state index contributed by atoms with van der Waals surface area (Å²) < 4.78 is 5.60. The van der Waals surface area contributed by atoms with E-state index in [9.17, 15) is 9.59 Å². The lowest BCUT2D eigenvalue weighted by atomic mass is 9.93. The van der Waals surface area contributed by atoms with E-state index in [1.54, 1.807) is 11.8 Å². The maximum atomic E-state index is 13.1. The van der Waals surface area contributed by atoms with E-state index in [1.807, 2.05) is 65.8 Å². The number of allylic oxidation sites excluding steroid dienone is 1. The largest absolute Gasteiger partial charge is 0.462 e. The van der Waals surface area contributed by atoms with Crippen LogP contribution in [0, 0.1) is 11.3 Å². The molecule has 1 saturated heterocycles. The lowest BCUT2D eigenvalue weighted by molar-refractivity contribution is -0.141. The van der Waals surface area contributed by atoms with Crippen LogP contribution in [0.5, 0.6) is 0 Å². The normalized spacial score (nSPS) is 19.1. The van der Waals surface area contributed by atoms with Gasteiger partial charge in [0.25, 0.3) is 0 Å². The van der Waals surface area contributed by atoms with Crippen LogP contribution in [0.1, 0.15) is 59.6 Å². The zero-order valence-corrected chi connectivity index (χ0v) is 20.1. The van der Waals surface area contributed by atoms with Crippen LogP contribution >= 0.6 is 11.8 Å². The Hall–Kier alpha value is -2.28. The summed E-state index contributed by atoms with van der Waals surface area (Å²) >= 11 is 1.73. The molecule has 2 aliphatic rings. The summed E-state index contributed by atoms with van der Waals surface area (Å²) in [5.74, 6) is 0.954. The molecule has 7 heteroatoms. The molecular weight excluding hydrogens is 410 g/mol. The molecule has 31 heavy (non-hydrogen) atoms. The lowest BCUT2D eigenvalue weighted by Gasteiger charge is -2.40. The number of hydrogen-bond acceptors (Lipinski definition) is 6. The van der Waals surface area contributed by atoms with E-state index in [0.29, 0.717) is 17.9 Å². The molecule has 1 fully saturated rings. The summed E-state index contributed by atoms with van der Waals surface area (Å²) in [7, 11) is 0. The fraction of sp³-hybridized carbons (Fsp3) is 0.542. The van der Waals surface area contributed by atoms with Crippen molar-refractivity contribution in [1.29, 1.82) is 0 Å². The van der Waals surface area contributed by atoms with Crippen molar-refractivity contribution < 1.29 is 14.3 Å². The van der Waals surface area contributed by atoms with Crippen molar-refractivity contribution in [3.63, 3.8) is 0 Å². The summed E-state index contributed by atoms with van der Waals surface area (Å²) in [6.07, 6.45) is 1.03. The highest BCUT2D eigenvalue weighted by molar-refractivity contribution is 8.13. The average Bonchev–Trinajstić information content (AvgIpc) is 2.71. The van der Waals surface area contributed by atoms with E-state index in [0.717, 1.165) is 35.1 Å². The third-order valence-corrected chi connectivity index (χ3v) is 6.27. The molecule has 0 radical (unpaired) electrons. The van der Waals surface area contributed by atoms with E-state index in [2.05, 4.69) is 10.2 Å². The van der Waals surface area contributed by atoms with Crippen molar-refractivity contribution in [3.8, 4) is 0 Å². The number of aliphatic imine (C=N–C) groups is 1. The molecule has 6 nitrogen and oxygen atoms in total. The van der Waals surface area contributed by atoms with Gasteiger partial charge >= 0.3 is 5.97 Å². The third kappa shape index (κ3) is 5.50. The van der Waals surface area contributed by atoms with Gasteiger partial charge in [-0.1, -0.05) is 58.5 Å². The molecule has 0 aromatic heterocycles. The molecule has 2 heterocycles. The Labute approximate surface area is 189 Å². The van der Waals surface area contributed by atoms with Gasteiger partial charge in [-0.25, -0.2) is 9.79 Å². The van der Waals surface area contributed by atoms with Gasteiger partial charge in [-0.2, -0.15) is 0 Å². The van der Waals surface area contributed by atoms with Gasteiger partial charge in [0.05, 0.1) is 23.9 Å². The fourth-order valence-electron chi connectivity index (χ4n) is 3.46. The van der Waals surface area contributed by atoms with E-state index in [4.69, 9.17) is 9.73 Å². The van der Waals surface area contributed by atoms with Gasteiger partial charge in [0.2, 0.25) is 5.91 Å². The van der Waals surface area contributed by atoms with Crippen LogP contribution in [-0.2, 0) is 14.3 Å². The van der Waals surface area contributed by atoms with Gasteiger partial charge in [0.15, 0.2) is 5.17 Å². The summed E-state index contributed by atoms with van der Waals surface area (Å²) in [5.41, 5.74) is 2.57. The topological polar surface area (TPSA) is 71.0 Å². The Morgan fingerprint density at radius 2 is 1.94 bits per heavy atom. The van der Waals surface area contributed by atoms with Crippen LogP contribution in [-0.4, -0.2) is 40.8 Å². The number of amidine groups is 1. The van der Waals surface area contributed by atoms with Crippen molar-refractivity contribution >= 4 is 34.5 Å². The molecule has 1 aromatic carbocycles. The van der Waals surface area contributed by atoms with Crippen molar-refractivity contribution in [1.82, 2.24) is 4.90 Å². The van der Waals surface area contributed by atoms with Crippen LogP contribution in [0.4, 0.5) is 5.69 Å². The minimum atomic E-state index is -0.467. The van der Waals surface area contributed by atoms with Crippen LogP contribution in [0.3, 0.4) is 0 Å². The Morgan fingerprint density at radius 1 is 1.26 bits per heavy atom. The number of rotatable bonds is 5. The second kappa shape index (κ2) is 9.47. The second-order valence-electron chi connectivity index (χ2n) is 9.51. The Balaban J connectivity index is 1.92. The van der Waals surface area contributed by atoms with Crippen molar-refractivity contribution in [2.75, 3.05) is 24.2 Å². The van der Waals surface area contributed by atoms with E-state index >= 15 is 0 Å². The highest BCUT2D eigenvalue weighted by atomic mass is 32.2. The quantitative estimate of drug-likeness (QED) is 0.649. The fourth-order valence-corrected chi connectivity index (χ4v) is 4.48. The number of anilines is 1. The Bertz CT molecular complexity index is 898. The zero-order chi connectivity index (χ0) is 22.8. The van der Waals surface area contributed by atoms with Crippen molar-refractivity contribution in [3.05, 3.63) is 41.1 Å². The molecule has 0 saturated carbocycles. The lowest BCUT2D eigenvalue weighted by Crippen LogP contribution is -2.42. The molecule has 1 unspecified atom stereocenters. The van der Waals surface area contributed by atoms with Gasteiger partial charge in [-0.05, 0) is 37.0 Å². The molecule has 168 valence electrons. The number of benzene rings is 1. The predicted octanol–water partition coefficient (Wildman–Crippen LogP) is 4.99. The van der Waals surface area contributed by atoms with Crippen molar-refractivity contribution in [2.24, 2.45) is 16.3 Å². The van der Waals surface area contributed by atoms with Crippen LogP contribution < -0.4 is 5.32 Å². The molecule has 1 amide bonds. The Morgan fingerprint density at radius 3 is 2.55 bits per heavy atom. The highest BCUT2D eigenvalue weighted by Crippen LogP contribution is 2.40. The number of ether oxygens (including phenoxy) is 1. The smallest absolute Gasteiger partial charge is 0.338 e. The maximum Gasteiger partial charge on any atom is 0.338 e. The van der Waals surface area contributed by atoms with Gasteiger partial charge < -0.3 is 15.0 Å². The van der Waals surface area contributed by atoms with Crippen LogP contribution in [0.25, 0.3) is 0 Å². The number of thioether (sulfide) groups is 1. The summed E-state index contributed by atoms with van der Waals surface area (Å²) in [5, 5.41) is 3.92. The first-order valence-electron chi connectivity index (χ1n) is 10.9. The van der Waals surface area contributed by atoms with E-state index in [-0.39, 0.29) is 23.8 Å². The first-order valence-corrected chi connectivity index (χ1v) is 11.8. The van der Waals surface area contributed by atoms with Gasteiger partial charge in [-0.15, -0.1) is 0 Å². The molecule has 2 aliphatic heterocycles. The van der Waals surface area contributed by atoms with Crippen LogP contribution in [0.2, 0.25) is 0 Å². The first kappa shape index (κ1) is 23.4. The maximum absolute atomic E-state index is 13.1. The highest BCUT2D eigenvalue weighted by Gasteiger charge is 2.38. The number of esters is 1. The number of fused-ring (bicyclic) bond motifs is 1. The monoisotopic (exact) mass is 443 g/mol. The number of nitrogens with zero attached hydrogens (tertiary/aromatic N) is 2. The van der Waals surface area contributed by atoms with Crippen LogP contribution in [0.15, 0.2) is 40.5 Å². The second-order valence-corrected chi connectivity index (χ2v) is 10.6. The van der Waals surface area contributed by atoms with E-state index < -0.39 is 5.41 Å². The van der Waals surface area contributed by atoms with Crippen molar-refractivity contribution in [2.45, 2.75) is 54.0 Å². The summed E-state index contributed by atoms with van der Waals surface area (Å²) in [6, 6.07) is 7.51. The molecule has 0 spiro atoms. The minimum absolute atomic E-state index is 0.0338. The molecular formula is C24H33N3O3S. The number of hydrogen-bond donors (Lipinski definition) is 1. The molecule has 1 atom stereocenters. The SMILES string of the molecule is CC1=C(C(=O)OCC(C)C)C(c2ccc(NC(=O)C(C)(C)C)cc2)N2CCCSC2=N1.